The highest BCUT2D eigenvalue weighted by Gasteiger charge is 2.38. The molecular formula is C32H36N2O4. The van der Waals surface area contributed by atoms with E-state index in [4.69, 9.17) is 0 Å². The summed E-state index contributed by atoms with van der Waals surface area (Å²) in [4.78, 5) is 39.0. The summed E-state index contributed by atoms with van der Waals surface area (Å²) in [6, 6.07) is 20.1. The Hall–Kier alpha value is -3.93. The van der Waals surface area contributed by atoms with Crippen molar-refractivity contribution in [2.24, 2.45) is 5.92 Å². The molecule has 2 amide bonds. The summed E-state index contributed by atoms with van der Waals surface area (Å²) in [7, 11) is 0. The van der Waals surface area contributed by atoms with Crippen LogP contribution in [0, 0.1) is 5.92 Å². The Kier molecular flexibility index (Phi) is 8.62. The van der Waals surface area contributed by atoms with Gasteiger partial charge in [0.2, 0.25) is 0 Å². The van der Waals surface area contributed by atoms with E-state index < -0.39 is 12.0 Å². The van der Waals surface area contributed by atoms with Crippen molar-refractivity contribution in [1.29, 1.82) is 0 Å². The molecule has 0 fully saturated rings. The van der Waals surface area contributed by atoms with Crippen LogP contribution < -0.4 is 5.32 Å². The molecule has 3 aromatic rings. The first-order chi connectivity index (χ1) is 18.3. The number of carbonyl (C=O) groups excluding carboxylic acids is 2. The van der Waals surface area contributed by atoms with E-state index in [1.165, 1.54) is 36.1 Å². The molecule has 0 spiro atoms. The topological polar surface area (TPSA) is 86.7 Å². The predicted molar refractivity (Wildman–Crippen MR) is 150 cm³/mol. The van der Waals surface area contributed by atoms with Crippen molar-refractivity contribution in [2.75, 3.05) is 5.32 Å². The minimum absolute atomic E-state index is 0.156. The number of unbranched alkanes of at least 4 members (excludes halogenated alkanes) is 3. The molecule has 1 unspecified atom stereocenters. The smallest absolute Gasteiger partial charge is 0.326 e. The van der Waals surface area contributed by atoms with Gasteiger partial charge in [0, 0.05) is 23.4 Å². The molecule has 1 aliphatic heterocycles. The van der Waals surface area contributed by atoms with Crippen molar-refractivity contribution in [3.8, 4) is 11.1 Å². The van der Waals surface area contributed by atoms with Crippen molar-refractivity contribution in [3.63, 3.8) is 0 Å². The molecule has 198 valence electrons. The second-order valence-corrected chi connectivity index (χ2v) is 10.4. The standard InChI is InChI=1S/C32H36N2O4/c1-4-5-6-7-8-22-9-11-24(12-10-22)30(35)33-27-17-15-23(16-18-27)25-13-14-26-20-34(31(36)28(26)19-25)29(21(2)3)32(37)38/h9-19,21,29H,4-8,20H2,1-3H3,(H,33,35)(H,37,38). The number of fused-ring (bicyclic) bond motifs is 1. The van der Waals surface area contributed by atoms with Gasteiger partial charge in [-0.1, -0.05) is 76.4 Å². The number of hydrogen-bond acceptors (Lipinski definition) is 3. The number of rotatable bonds is 11. The second kappa shape index (κ2) is 12.1. The largest absolute Gasteiger partial charge is 0.480 e. The Bertz CT molecular complexity index is 1300. The van der Waals surface area contributed by atoms with Crippen molar-refractivity contribution in [3.05, 3.63) is 89.0 Å². The third-order valence-electron chi connectivity index (χ3n) is 7.17. The summed E-state index contributed by atoms with van der Waals surface area (Å²) < 4.78 is 0. The van der Waals surface area contributed by atoms with Gasteiger partial charge >= 0.3 is 5.97 Å². The summed E-state index contributed by atoms with van der Waals surface area (Å²) in [6.45, 7) is 6.13. The number of aryl methyl sites for hydroxylation is 1. The molecule has 1 aliphatic rings. The lowest BCUT2D eigenvalue weighted by molar-refractivity contribution is -0.144. The minimum Gasteiger partial charge on any atom is -0.480 e. The van der Waals surface area contributed by atoms with Gasteiger partial charge in [-0.05, 0) is 71.3 Å². The molecule has 2 N–H and O–H groups in total. The fourth-order valence-electron chi connectivity index (χ4n) is 5.03. The van der Waals surface area contributed by atoms with Gasteiger partial charge in [-0.15, -0.1) is 0 Å². The zero-order valence-electron chi connectivity index (χ0n) is 22.4. The number of benzene rings is 3. The molecule has 6 nitrogen and oxygen atoms in total. The van der Waals surface area contributed by atoms with Gasteiger partial charge in [0.05, 0.1) is 0 Å². The Labute approximate surface area is 224 Å². The fraction of sp³-hybridized carbons (Fsp3) is 0.344. The van der Waals surface area contributed by atoms with Crippen LogP contribution in [0.2, 0.25) is 0 Å². The van der Waals surface area contributed by atoms with E-state index >= 15 is 0 Å². The quantitative estimate of drug-likeness (QED) is 0.277. The van der Waals surface area contributed by atoms with Crippen LogP contribution >= 0.6 is 0 Å². The summed E-state index contributed by atoms with van der Waals surface area (Å²) in [5.74, 6) is -1.59. The van der Waals surface area contributed by atoms with Crippen LogP contribution in [0.3, 0.4) is 0 Å². The van der Waals surface area contributed by atoms with Crippen molar-refractivity contribution in [2.45, 2.75) is 65.5 Å². The number of amides is 2. The zero-order chi connectivity index (χ0) is 27.2. The molecule has 0 aromatic heterocycles. The lowest BCUT2D eigenvalue weighted by Crippen LogP contribution is -2.44. The maximum atomic E-state index is 13.1. The van der Waals surface area contributed by atoms with Gasteiger partial charge < -0.3 is 15.3 Å². The summed E-state index contributed by atoms with van der Waals surface area (Å²) >= 11 is 0. The molecule has 38 heavy (non-hydrogen) atoms. The molecule has 0 radical (unpaired) electrons. The van der Waals surface area contributed by atoms with E-state index in [1.54, 1.807) is 0 Å². The molecule has 4 rings (SSSR count). The first kappa shape index (κ1) is 27.1. The van der Waals surface area contributed by atoms with Crippen LogP contribution in [0.15, 0.2) is 66.7 Å². The average Bonchev–Trinajstić information content (AvgIpc) is 3.22. The molecule has 6 heteroatoms. The van der Waals surface area contributed by atoms with Crippen molar-refractivity contribution in [1.82, 2.24) is 4.90 Å². The molecule has 1 atom stereocenters. The van der Waals surface area contributed by atoms with E-state index in [1.807, 2.05) is 80.6 Å². The Balaban J connectivity index is 1.40. The highest BCUT2D eigenvalue weighted by molar-refractivity contribution is 6.04. The lowest BCUT2D eigenvalue weighted by Gasteiger charge is -2.27. The van der Waals surface area contributed by atoms with Crippen LogP contribution in [0.4, 0.5) is 5.69 Å². The van der Waals surface area contributed by atoms with Crippen LogP contribution in [0.25, 0.3) is 11.1 Å². The second-order valence-electron chi connectivity index (χ2n) is 10.4. The van der Waals surface area contributed by atoms with Crippen LogP contribution in [0.1, 0.15) is 78.3 Å². The van der Waals surface area contributed by atoms with E-state index in [0.717, 1.165) is 23.1 Å². The lowest BCUT2D eigenvalue weighted by atomic mass is 10.00. The molecule has 3 aromatic carbocycles. The van der Waals surface area contributed by atoms with Gasteiger partial charge in [-0.25, -0.2) is 4.79 Å². The van der Waals surface area contributed by atoms with Crippen LogP contribution in [-0.4, -0.2) is 33.8 Å². The highest BCUT2D eigenvalue weighted by atomic mass is 16.4. The number of nitrogens with one attached hydrogen (secondary N) is 1. The third-order valence-corrected chi connectivity index (χ3v) is 7.17. The van der Waals surface area contributed by atoms with E-state index in [2.05, 4.69) is 12.2 Å². The Morgan fingerprint density at radius 2 is 1.61 bits per heavy atom. The normalized spacial score (nSPS) is 13.5. The molecule has 0 saturated carbocycles. The fourth-order valence-corrected chi connectivity index (χ4v) is 5.03. The molecule has 0 saturated heterocycles. The number of aliphatic carboxylic acids is 1. The number of nitrogens with zero attached hydrogens (tertiary/aromatic N) is 1. The molecular weight excluding hydrogens is 476 g/mol. The van der Waals surface area contributed by atoms with Gasteiger partial charge in [-0.2, -0.15) is 0 Å². The third kappa shape index (κ3) is 6.13. The van der Waals surface area contributed by atoms with Gasteiger partial charge in [0.25, 0.3) is 11.8 Å². The molecule has 0 bridgehead atoms. The highest BCUT2D eigenvalue weighted by Crippen LogP contribution is 2.31. The Morgan fingerprint density at radius 3 is 2.24 bits per heavy atom. The minimum atomic E-state index is -0.989. The van der Waals surface area contributed by atoms with Gasteiger partial charge in [-0.3, -0.25) is 9.59 Å². The SMILES string of the molecule is CCCCCCc1ccc(C(=O)Nc2ccc(-c3ccc4c(c3)C(=O)N(C(C(=O)O)C(C)C)C4)cc2)cc1. The summed E-state index contributed by atoms with van der Waals surface area (Å²) in [5.41, 5.74) is 5.70. The summed E-state index contributed by atoms with van der Waals surface area (Å²) in [6.07, 6.45) is 5.92. The maximum Gasteiger partial charge on any atom is 0.326 e. The zero-order valence-corrected chi connectivity index (χ0v) is 22.4. The summed E-state index contributed by atoms with van der Waals surface area (Å²) in [5, 5.41) is 12.6. The van der Waals surface area contributed by atoms with Gasteiger partial charge in [0.1, 0.15) is 6.04 Å². The number of carboxylic acids is 1. The molecule has 1 heterocycles. The number of carboxylic acid groups (broad SMARTS) is 1. The van der Waals surface area contributed by atoms with Crippen molar-refractivity contribution >= 4 is 23.5 Å². The number of anilines is 1. The molecule has 0 aliphatic carbocycles. The van der Waals surface area contributed by atoms with E-state index in [-0.39, 0.29) is 17.7 Å². The van der Waals surface area contributed by atoms with Crippen molar-refractivity contribution < 1.29 is 19.5 Å². The van der Waals surface area contributed by atoms with Gasteiger partial charge in [0.15, 0.2) is 0 Å². The maximum absolute atomic E-state index is 13.1. The number of carbonyl (C=O) groups is 3. The predicted octanol–water partition coefficient (Wildman–Crippen LogP) is 6.79. The monoisotopic (exact) mass is 512 g/mol. The Morgan fingerprint density at radius 1 is 0.921 bits per heavy atom. The number of hydrogen-bond donors (Lipinski definition) is 2. The van der Waals surface area contributed by atoms with E-state index in [9.17, 15) is 19.5 Å². The van der Waals surface area contributed by atoms with Crippen LogP contribution in [-0.2, 0) is 17.8 Å². The average molecular weight is 513 g/mol. The van der Waals surface area contributed by atoms with Crippen LogP contribution in [0.5, 0.6) is 0 Å². The van der Waals surface area contributed by atoms with E-state index in [0.29, 0.717) is 23.4 Å². The first-order valence-corrected chi connectivity index (χ1v) is 13.5. The first-order valence-electron chi connectivity index (χ1n) is 13.5.